The Morgan fingerprint density at radius 3 is 2.52 bits per heavy atom. The van der Waals surface area contributed by atoms with E-state index in [1.54, 1.807) is 4.57 Å². The number of amides is 2. The molecule has 166 valence electrons. The zero-order valence-electron chi connectivity index (χ0n) is 18.3. The third kappa shape index (κ3) is 4.22. The Morgan fingerprint density at radius 1 is 1.10 bits per heavy atom. The summed E-state index contributed by atoms with van der Waals surface area (Å²) >= 11 is 0. The Balaban J connectivity index is 1.66. The standard InChI is InChI=1S/C22H30N6O3/c1-14(2)23-20(30)13-27-22(31)28-18-11-7-6-10-17(18)26(21(28)25-27)12-19(29)24-16-9-5-4-8-15(16)3/h6-7,10-11,14-16H,4-5,8-9,12-13H2,1-3H3,(H,23,30)(H,24,29). The van der Waals surface area contributed by atoms with Gasteiger partial charge in [0, 0.05) is 12.1 Å². The van der Waals surface area contributed by atoms with Crippen LogP contribution in [0.3, 0.4) is 0 Å². The molecule has 9 nitrogen and oxygen atoms in total. The summed E-state index contributed by atoms with van der Waals surface area (Å²) in [6.45, 7) is 5.79. The summed E-state index contributed by atoms with van der Waals surface area (Å²) in [5, 5.41) is 10.3. The van der Waals surface area contributed by atoms with Crippen LogP contribution in [-0.2, 0) is 22.7 Å². The number of hydrogen-bond donors (Lipinski definition) is 2. The fourth-order valence-electron chi connectivity index (χ4n) is 4.46. The van der Waals surface area contributed by atoms with Crippen LogP contribution in [0.25, 0.3) is 16.8 Å². The van der Waals surface area contributed by atoms with E-state index in [0.717, 1.165) is 29.5 Å². The zero-order chi connectivity index (χ0) is 22.1. The van der Waals surface area contributed by atoms with Crippen LogP contribution in [-0.4, -0.2) is 42.6 Å². The molecule has 2 atom stereocenters. The maximum Gasteiger partial charge on any atom is 0.352 e. The Labute approximate surface area is 180 Å². The van der Waals surface area contributed by atoms with E-state index in [0.29, 0.717) is 17.2 Å². The maximum absolute atomic E-state index is 13.0. The van der Waals surface area contributed by atoms with E-state index in [9.17, 15) is 14.4 Å². The van der Waals surface area contributed by atoms with Crippen molar-refractivity contribution >= 4 is 28.6 Å². The molecular formula is C22H30N6O3. The molecule has 0 spiro atoms. The lowest BCUT2D eigenvalue weighted by molar-refractivity contribution is -0.123. The quantitative estimate of drug-likeness (QED) is 0.626. The molecule has 3 aromatic rings. The summed E-state index contributed by atoms with van der Waals surface area (Å²) in [7, 11) is 0. The summed E-state index contributed by atoms with van der Waals surface area (Å²) < 4.78 is 4.36. The highest BCUT2D eigenvalue weighted by Crippen LogP contribution is 2.24. The van der Waals surface area contributed by atoms with Crippen LogP contribution in [0.5, 0.6) is 0 Å². The summed E-state index contributed by atoms with van der Waals surface area (Å²) in [4.78, 5) is 38.0. The molecule has 9 heteroatoms. The van der Waals surface area contributed by atoms with Crippen molar-refractivity contribution in [3.8, 4) is 0 Å². The lowest BCUT2D eigenvalue weighted by Gasteiger charge is -2.29. The van der Waals surface area contributed by atoms with Crippen molar-refractivity contribution < 1.29 is 9.59 Å². The van der Waals surface area contributed by atoms with Gasteiger partial charge in [-0.15, -0.1) is 5.10 Å². The van der Waals surface area contributed by atoms with E-state index in [1.165, 1.54) is 10.8 Å². The number of nitrogens with one attached hydrogen (secondary N) is 2. The van der Waals surface area contributed by atoms with Gasteiger partial charge in [-0.1, -0.05) is 31.9 Å². The van der Waals surface area contributed by atoms with Gasteiger partial charge in [0.1, 0.15) is 13.1 Å². The first kappa shape index (κ1) is 21.1. The van der Waals surface area contributed by atoms with Crippen LogP contribution in [0.4, 0.5) is 0 Å². The van der Waals surface area contributed by atoms with Gasteiger partial charge < -0.3 is 10.6 Å². The van der Waals surface area contributed by atoms with Crippen LogP contribution in [0.1, 0.15) is 46.5 Å². The predicted molar refractivity (Wildman–Crippen MR) is 118 cm³/mol. The molecule has 2 amide bonds. The second-order valence-corrected chi connectivity index (χ2v) is 8.81. The van der Waals surface area contributed by atoms with Gasteiger partial charge in [0.25, 0.3) is 0 Å². The minimum absolute atomic E-state index is 0.0271. The summed E-state index contributed by atoms with van der Waals surface area (Å²) in [5.41, 5.74) is 1.02. The Morgan fingerprint density at radius 2 is 1.81 bits per heavy atom. The fraction of sp³-hybridized carbons (Fsp3) is 0.545. The number of fused-ring (bicyclic) bond motifs is 3. The molecule has 0 aliphatic heterocycles. The SMILES string of the molecule is CC(C)NC(=O)Cn1nc2n(CC(=O)NC3CCCCC3C)c3ccccc3n2c1=O. The molecule has 1 aliphatic carbocycles. The van der Waals surface area contributed by atoms with Crippen molar-refractivity contribution in [1.82, 2.24) is 29.4 Å². The number of hydrogen-bond acceptors (Lipinski definition) is 4. The van der Waals surface area contributed by atoms with E-state index in [4.69, 9.17) is 0 Å². The Hall–Kier alpha value is -3.10. The number of imidazole rings is 1. The highest BCUT2D eigenvalue weighted by atomic mass is 16.2. The van der Waals surface area contributed by atoms with Crippen molar-refractivity contribution in [3.05, 3.63) is 34.7 Å². The highest BCUT2D eigenvalue weighted by Gasteiger charge is 2.25. The van der Waals surface area contributed by atoms with Crippen molar-refractivity contribution in [1.29, 1.82) is 0 Å². The maximum atomic E-state index is 13.0. The topological polar surface area (TPSA) is 102 Å². The molecule has 2 unspecified atom stereocenters. The molecule has 2 N–H and O–H groups in total. The Bertz CT molecular complexity index is 1170. The molecule has 1 saturated carbocycles. The molecule has 1 fully saturated rings. The van der Waals surface area contributed by atoms with Gasteiger partial charge >= 0.3 is 5.69 Å². The van der Waals surface area contributed by atoms with Crippen LogP contribution < -0.4 is 16.3 Å². The highest BCUT2D eigenvalue weighted by molar-refractivity contribution is 5.84. The monoisotopic (exact) mass is 426 g/mol. The first-order chi connectivity index (χ1) is 14.8. The lowest BCUT2D eigenvalue weighted by Crippen LogP contribution is -2.42. The second kappa shape index (κ2) is 8.56. The number of nitrogens with zero attached hydrogens (tertiary/aromatic N) is 4. The van der Waals surface area contributed by atoms with Gasteiger partial charge in [-0.3, -0.25) is 14.2 Å². The molecule has 0 saturated heterocycles. The van der Waals surface area contributed by atoms with Crippen molar-refractivity contribution in [2.75, 3.05) is 0 Å². The fourth-order valence-corrected chi connectivity index (χ4v) is 4.46. The van der Waals surface area contributed by atoms with Crippen LogP contribution >= 0.6 is 0 Å². The second-order valence-electron chi connectivity index (χ2n) is 8.81. The molecule has 1 aromatic carbocycles. The van der Waals surface area contributed by atoms with E-state index in [2.05, 4.69) is 22.7 Å². The minimum Gasteiger partial charge on any atom is -0.352 e. The molecule has 2 aromatic heterocycles. The third-order valence-electron chi connectivity index (χ3n) is 5.98. The number of rotatable bonds is 6. The van der Waals surface area contributed by atoms with Gasteiger partial charge in [-0.2, -0.15) is 0 Å². The average molecular weight is 427 g/mol. The molecule has 0 bridgehead atoms. The number of aromatic nitrogens is 4. The molecule has 2 heterocycles. The van der Waals surface area contributed by atoms with Gasteiger partial charge in [-0.25, -0.2) is 13.9 Å². The van der Waals surface area contributed by atoms with E-state index in [-0.39, 0.29) is 37.0 Å². The van der Waals surface area contributed by atoms with Gasteiger partial charge in [0.2, 0.25) is 17.6 Å². The van der Waals surface area contributed by atoms with Crippen LogP contribution in [0.15, 0.2) is 29.1 Å². The summed E-state index contributed by atoms with van der Waals surface area (Å²) in [6, 6.07) is 7.55. The predicted octanol–water partition coefficient (Wildman–Crippen LogP) is 1.67. The summed E-state index contributed by atoms with van der Waals surface area (Å²) in [6.07, 6.45) is 4.46. The van der Waals surface area contributed by atoms with E-state index >= 15 is 0 Å². The summed E-state index contributed by atoms with van der Waals surface area (Å²) in [5.74, 6) is 0.440. The van der Waals surface area contributed by atoms with Crippen LogP contribution in [0, 0.1) is 5.92 Å². The number of carbonyl (C=O) groups is 2. The van der Waals surface area contributed by atoms with Crippen LogP contribution in [0.2, 0.25) is 0 Å². The van der Waals surface area contributed by atoms with Gasteiger partial charge in [0.15, 0.2) is 0 Å². The molecule has 31 heavy (non-hydrogen) atoms. The smallest absolute Gasteiger partial charge is 0.352 e. The van der Waals surface area contributed by atoms with Crippen molar-refractivity contribution in [2.45, 2.75) is 71.6 Å². The Kier molecular flexibility index (Phi) is 5.84. The zero-order valence-corrected chi connectivity index (χ0v) is 18.3. The molecule has 0 radical (unpaired) electrons. The normalized spacial score (nSPS) is 19.2. The average Bonchev–Trinajstić information content (AvgIpc) is 3.18. The van der Waals surface area contributed by atoms with Gasteiger partial charge in [-0.05, 0) is 44.7 Å². The lowest BCUT2D eigenvalue weighted by atomic mass is 9.86. The number of carbonyl (C=O) groups excluding carboxylic acids is 2. The molecule has 4 rings (SSSR count). The minimum atomic E-state index is -0.398. The van der Waals surface area contributed by atoms with E-state index in [1.807, 2.05) is 38.1 Å². The molecular weight excluding hydrogens is 396 g/mol. The largest absolute Gasteiger partial charge is 0.352 e. The number of para-hydroxylation sites is 2. The van der Waals surface area contributed by atoms with Crippen molar-refractivity contribution in [2.24, 2.45) is 5.92 Å². The van der Waals surface area contributed by atoms with Crippen molar-refractivity contribution in [3.63, 3.8) is 0 Å². The third-order valence-corrected chi connectivity index (χ3v) is 5.98. The van der Waals surface area contributed by atoms with E-state index < -0.39 is 5.69 Å². The molecule has 1 aliphatic rings. The van der Waals surface area contributed by atoms with Gasteiger partial charge in [0.05, 0.1) is 11.0 Å². The first-order valence-electron chi connectivity index (χ1n) is 11.0. The first-order valence-corrected chi connectivity index (χ1v) is 11.0. The number of benzene rings is 1.